The third-order valence-electron chi connectivity index (χ3n) is 3.26. The summed E-state index contributed by atoms with van der Waals surface area (Å²) in [5.41, 5.74) is 4.11. The molecule has 2 heteroatoms. The summed E-state index contributed by atoms with van der Waals surface area (Å²) in [5.74, 6) is 0.375. The maximum absolute atomic E-state index is 13.6. The van der Waals surface area contributed by atoms with Crippen LogP contribution in [0.15, 0.2) is 42.5 Å². The normalized spacial score (nSPS) is 10.8. The highest BCUT2D eigenvalue weighted by molar-refractivity contribution is 5.45. The Bertz CT molecular complexity index is 544. The van der Waals surface area contributed by atoms with Crippen molar-refractivity contribution in [2.24, 2.45) is 0 Å². The van der Waals surface area contributed by atoms with E-state index in [0.29, 0.717) is 18.0 Å². The highest BCUT2D eigenvalue weighted by Gasteiger charge is 2.03. The Morgan fingerprint density at radius 2 is 1.74 bits per heavy atom. The molecular weight excluding hydrogens is 237 g/mol. The van der Waals surface area contributed by atoms with E-state index in [1.165, 1.54) is 11.6 Å². The number of aryl methyl sites for hydroxylation is 1. The number of hydrogen-bond donors (Lipinski definition) is 1. The number of halogens is 1. The van der Waals surface area contributed by atoms with Crippen molar-refractivity contribution in [2.45, 2.75) is 33.2 Å². The van der Waals surface area contributed by atoms with E-state index in [1.54, 1.807) is 6.07 Å². The first kappa shape index (κ1) is 13.6. The molecule has 2 aromatic carbocycles. The van der Waals surface area contributed by atoms with Gasteiger partial charge >= 0.3 is 0 Å². The molecule has 0 unspecified atom stereocenters. The van der Waals surface area contributed by atoms with Gasteiger partial charge in [0.1, 0.15) is 5.82 Å². The molecule has 19 heavy (non-hydrogen) atoms. The van der Waals surface area contributed by atoms with Gasteiger partial charge in [-0.15, -0.1) is 0 Å². The molecule has 0 bridgehead atoms. The van der Waals surface area contributed by atoms with E-state index in [2.05, 4.69) is 31.3 Å². The number of nitrogens with one attached hydrogen (secondary N) is 1. The van der Waals surface area contributed by atoms with Crippen LogP contribution in [0.4, 0.5) is 10.1 Å². The molecule has 0 radical (unpaired) electrons. The first-order chi connectivity index (χ1) is 9.06. The van der Waals surface area contributed by atoms with Gasteiger partial charge in [0.15, 0.2) is 0 Å². The van der Waals surface area contributed by atoms with Crippen molar-refractivity contribution in [1.82, 2.24) is 0 Å². The van der Waals surface area contributed by atoms with E-state index in [0.717, 1.165) is 11.3 Å². The Morgan fingerprint density at radius 3 is 2.37 bits per heavy atom. The molecule has 100 valence electrons. The topological polar surface area (TPSA) is 12.0 Å². The number of hydrogen-bond acceptors (Lipinski definition) is 1. The van der Waals surface area contributed by atoms with Gasteiger partial charge in [-0.25, -0.2) is 4.39 Å². The van der Waals surface area contributed by atoms with E-state index in [-0.39, 0.29) is 5.82 Å². The molecule has 0 aliphatic rings. The van der Waals surface area contributed by atoms with Crippen LogP contribution in [-0.4, -0.2) is 0 Å². The molecule has 0 aliphatic carbocycles. The van der Waals surface area contributed by atoms with Crippen molar-refractivity contribution in [3.63, 3.8) is 0 Å². The lowest BCUT2D eigenvalue weighted by Crippen LogP contribution is -2.02. The van der Waals surface area contributed by atoms with Crippen LogP contribution in [0, 0.1) is 12.7 Å². The second-order valence-electron chi connectivity index (χ2n) is 5.23. The first-order valence-electron chi connectivity index (χ1n) is 6.65. The van der Waals surface area contributed by atoms with E-state index in [4.69, 9.17) is 0 Å². The Morgan fingerprint density at radius 1 is 1.05 bits per heavy atom. The van der Waals surface area contributed by atoms with Crippen LogP contribution in [0.25, 0.3) is 0 Å². The Hall–Kier alpha value is -1.83. The molecule has 0 amide bonds. The molecule has 1 N–H and O–H groups in total. The van der Waals surface area contributed by atoms with Crippen LogP contribution in [0.2, 0.25) is 0 Å². The fourth-order valence-corrected chi connectivity index (χ4v) is 2.02. The molecule has 0 aliphatic heterocycles. The second-order valence-corrected chi connectivity index (χ2v) is 5.23. The van der Waals surface area contributed by atoms with Gasteiger partial charge in [0, 0.05) is 17.8 Å². The molecule has 0 saturated heterocycles. The average Bonchev–Trinajstić information content (AvgIpc) is 2.40. The number of rotatable bonds is 4. The van der Waals surface area contributed by atoms with Gasteiger partial charge < -0.3 is 5.32 Å². The van der Waals surface area contributed by atoms with Crippen LogP contribution < -0.4 is 5.32 Å². The summed E-state index contributed by atoms with van der Waals surface area (Å²) >= 11 is 0. The fourth-order valence-electron chi connectivity index (χ4n) is 2.02. The smallest absolute Gasteiger partial charge is 0.128 e. The highest BCUT2D eigenvalue weighted by Crippen LogP contribution is 2.18. The summed E-state index contributed by atoms with van der Waals surface area (Å²) in [6, 6.07) is 13.5. The molecule has 1 nitrogen and oxygen atoms in total. The summed E-state index contributed by atoms with van der Waals surface area (Å²) in [5, 5.41) is 3.26. The Labute approximate surface area is 114 Å². The molecule has 0 saturated carbocycles. The van der Waals surface area contributed by atoms with E-state index in [1.807, 2.05) is 25.1 Å². The Kier molecular flexibility index (Phi) is 4.20. The van der Waals surface area contributed by atoms with Crippen molar-refractivity contribution in [1.29, 1.82) is 0 Å². The molecule has 0 heterocycles. The van der Waals surface area contributed by atoms with Crippen LogP contribution in [0.5, 0.6) is 0 Å². The lowest BCUT2D eigenvalue weighted by Gasteiger charge is -2.10. The lowest BCUT2D eigenvalue weighted by molar-refractivity contribution is 0.612. The van der Waals surface area contributed by atoms with E-state index < -0.39 is 0 Å². The van der Waals surface area contributed by atoms with Gasteiger partial charge in [-0.3, -0.25) is 0 Å². The summed E-state index contributed by atoms with van der Waals surface area (Å²) in [6.45, 7) is 6.82. The second kappa shape index (κ2) is 5.87. The lowest BCUT2D eigenvalue weighted by atomic mass is 10.0. The van der Waals surface area contributed by atoms with E-state index >= 15 is 0 Å². The van der Waals surface area contributed by atoms with Gasteiger partial charge in [0.2, 0.25) is 0 Å². The maximum atomic E-state index is 13.6. The third-order valence-corrected chi connectivity index (χ3v) is 3.26. The largest absolute Gasteiger partial charge is 0.381 e. The summed E-state index contributed by atoms with van der Waals surface area (Å²) < 4.78 is 13.6. The summed E-state index contributed by atoms with van der Waals surface area (Å²) in [6.07, 6.45) is 0. The van der Waals surface area contributed by atoms with Crippen molar-refractivity contribution in [2.75, 3.05) is 5.32 Å². The maximum Gasteiger partial charge on any atom is 0.128 e. The molecule has 0 fully saturated rings. The zero-order valence-corrected chi connectivity index (χ0v) is 11.7. The highest BCUT2D eigenvalue weighted by atomic mass is 19.1. The molecule has 2 rings (SSSR count). The molecule has 0 aromatic heterocycles. The minimum atomic E-state index is -0.156. The fraction of sp³-hybridized carbons (Fsp3) is 0.294. The van der Waals surface area contributed by atoms with Crippen molar-refractivity contribution in [3.05, 3.63) is 65.0 Å². The van der Waals surface area contributed by atoms with Crippen molar-refractivity contribution >= 4 is 5.69 Å². The number of benzene rings is 2. The van der Waals surface area contributed by atoms with Gasteiger partial charge in [-0.2, -0.15) is 0 Å². The Balaban J connectivity index is 2.04. The van der Waals surface area contributed by atoms with Crippen LogP contribution >= 0.6 is 0 Å². The van der Waals surface area contributed by atoms with Gasteiger partial charge in [-0.05, 0) is 36.6 Å². The van der Waals surface area contributed by atoms with Gasteiger partial charge in [0.25, 0.3) is 0 Å². The van der Waals surface area contributed by atoms with Crippen LogP contribution in [-0.2, 0) is 6.54 Å². The molecule has 0 atom stereocenters. The molecule has 0 spiro atoms. The zero-order valence-electron chi connectivity index (χ0n) is 11.7. The van der Waals surface area contributed by atoms with E-state index in [9.17, 15) is 4.39 Å². The van der Waals surface area contributed by atoms with Gasteiger partial charge in [0.05, 0.1) is 0 Å². The summed E-state index contributed by atoms with van der Waals surface area (Å²) in [4.78, 5) is 0. The number of anilines is 1. The van der Waals surface area contributed by atoms with Crippen molar-refractivity contribution in [3.8, 4) is 0 Å². The molecule has 2 aromatic rings. The summed E-state index contributed by atoms with van der Waals surface area (Å²) in [7, 11) is 0. The first-order valence-corrected chi connectivity index (χ1v) is 6.65. The minimum Gasteiger partial charge on any atom is -0.381 e. The quantitative estimate of drug-likeness (QED) is 0.824. The average molecular weight is 257 g/mol. The standard InChI is InChI=1S/C17H20FN/c1-12(2)14-5-7-16(8-6-14)19-11-15-10-13(3)4-9-17(15)18/h4-10,12,19H,11H2,1-3H3. The monoisotopic (exact) mass is 257 g/mol. The zero-order chi connectivity index (χ0) is 13.8. The van der Waals surface area contributed by atoms with Gasteiger partial charge in [-0.1, -0.05) is 43.7 Å². The molecular formula is C17H20FN. The predicted octanol–water partition coefficient (Wildman–Crippen LogP) is 4.87. The predicted molar refractivity (Wildman–Crippen MR) is 79.0 cm³/mol. The van der Waals surface area contributed by atoms with Crippen LogP contribution in [0.1, 0.15) is 36.5 Å². The minimum absolute atomic E-state index is 0.156. The third kappa shape index (κ3) is 3.57. The van der Waals surface area contributed by atoms with Crippen molar-refractivity contribution < 1.29 is 4.39 Å². The SMILES string of the molecule is Cc1ccc(F)c(CNc2ccc(C(C)C)cc2)c1. The van der Waals surface area contributed by atoms with Crippen LogP contribution in [0.3, 0.4) is 0 Å².